The highest BCUT2D eigenvalue weighted by Crippen LogP contribution is 2.40. The van der Waals surface area contributed by atoms with E-state index in [0.29, 0.717) is 30.5 Å². The number of ether oxygens (including phenoxy) is 5. The Bertz CT molecular complexity index is 1840. The first-order chi connectivity index (χ1) is 24.4. The molecule has 1 aliphatic heterocycles. The monoisotopic (exact) mass is 688 g/mol. The molecule has 6 rings (SSSR count). The number of allylic oxidation sites excluding steroid dienone is 2. The van der Waals surface area contributed by atoms with Crippen LogP contribution in [0, 0.1) is 0 Å². The van der Waals surface area contributed by atoms with E-state index in [1.807, 2.05) is 135 Å². The van der Waals surface area contributed by atoms with Crippen molar-refractivity contribution in [2.24, 2.45) is 0 Å². The first kappa shape index (κ1) is 35.6. The van der Waals surface area contributed by atoms with E-state index < -0.39 is 29.9 Å². The summed E-state index contributed by atoms with van der Waals surface area (Å²) in [6.07, 6.45) is -2.42. The van der Waals surface area contributed by atoms with E-state index in [0.717, 1.165) is 33.0 Å². The summed E-state index contributed by atoms with van der Waals surface area (Å²) in [5.74, 6) is 0.645. The van der Waals surface area contributed by atoms with Crippen LogP contribution in [0.3, 0.4) is 0 Å². The molecule has 5 aromatic rings. The molecule has 7 heteroatoms. The number of Topliss-reactive ketones (excluding diaryl/α,β-unsaturated/α-hetero) is 1. The maximum absolute atomic E-state index is 13.0. The molecular weight excluding hydrogens is 645 g/mol. The minimum atomic E-state index is -0.794. The molecule has 1 fully saturated rings. The van der Waals surface area contributed by atoms with Gasteiger partial charge >= 0.3 is 0 Å². The van der Waals surface area contributed by atoms with Gasteiger partial charge in [-0.05, 0) is 60.4 Å². The van der Waals surface area contributed by atoms with Gasteiger partial charge in [-0.25, -0.2) is 0 Å². The van der Waals surface area contributed by atoms with Crippen LogP contribution in [0.2, 0.25) is 0 Å². The highest BCUT2D eigenvalue weighted by molar-refractivity contribution is 8.04. The zero-order chi connectivity index (χ0) is 34.7. The highest BCUT2D eigenvalue weighted by Gasteiger charge is 2.50. The number of carbonyl (C=O) groups excluding carboxylic acids is 1. The number of thioether (sulfide) groups is 1. The number of rotatable bonds is 15. The summed E-state index contributed by atoms with van der Waals surface area (Å²) in [6.45, 7) is 6.87. The molecule has 5 atom stereocenters. The Morgan fingerprint density at radius 2 is 1.18 bits per heavy atom. The van der Waals surface area contributed by atoms with Crippen LogP contribution in [0.5, 0.6) is 5.75 Å². The Balaban J connectivity index is 1.38. The van der Waals surface area contributed by atoms with Crippen LogP contribution >= 0.6 is 11.8 Å². The van der Waals surface area contributed by atoms with Gasteiger partial charge in [-0.1, -0.05) is 127 Å². The average molecular weight is 689 g/mol. The molecule has 0 N–H and O–H groups in total. The van der Waals surface area contributed by atoms with Gasteiger partial charge in [0.1, 0.15) is 29.3 Å². The molecule has 0 aliphatic carbocycles. The summed E-state index contributed by atoms with van der Waals surface area (Å²) in [5, 5.41) is 1.71. The van der Waals surface area contributed by atoms with Gasteiger partial charge < -0.3 is 23.7 Å². The molecule has 5 aromatic carbocycles. The fraction of sp³-hybridized carbons (Fsp3) is 0.279. The van der Waals surface area contributed by atoms with Gasteiger partial charge in [0.15, 0.2) is 5.78 Å². The van der Waals surface area contributed by atoms with Crippen molar-refractivity contribution in [2.45, 2.75) is 70.4 Å². The Kier molecular flexibility index (Phi) is 12.5. The predicted molar refractivity (Wildman–Crippen MR) is 200 cm³/mol. The molecule has 1 saturated heterocycles. The third-order valence-electron chi connectivity index (χ3n) is 8.56. The molecule has 258 valence electrons. The quantitative estimate of drug-likeness (QED) is 0.102. The Hall–Kier alpha value is -4.24. The smallest absolute Gasteiger partial charge is 0.215 e. The molecule has 0 bridgehead atoms. The zero-order valence-electron chi connectivity index (χ0n) is 28.8. The molecule has 0 radical (unpaired) electrons. The number of fused-ring (bicyclic) bond motifs is 1. The summed E-state index contributed by atoms with van der Waals surface area (Å²) in [5.41, 5.74) is 4.05. The van der Waals surface area contributed by atoms with Crippen molar-refractivity contribution >= 4 is 28.3 Å². The SMILES string of the molecule is CC(=O)C(S[C@H]1[C@H](Oc2ccc3ccccc3c2)O[C@H](COCc2ccccc2)[C@@H](OCc2ccccc2)[C@@H]1OCc1ccccc1)=C(C)C. The normalized spacial score (nSPS) is 20.3. The first-order valence-electron chi connectivity index (χ1n) is 17.0. The number of carbonyl (C=O) groups is 1. The van der Waals surface area contributed by atoms with E-state index in [4.69, 9.17) is 23.7 Å². The lowest BCUT2D eigenvalue weighted by Gasteiger charge is -2.46. The zero-order valence-corrected chi connectivity index (χ0v) is 29.6. The van der Waals surface area contributed by atoms with Crippen LogP contribution in [0.1, 0.15) is 37.5 Å². The summed E-state index contributed by atoms with van der Waals surface area (Å²) in [7, 11) is 0. The van der Waals surface area contributed by atoms with Gasteiger partial charge in [-0.3, -0.25) is 4.79 Å². The molecule has 6 nitrogen and oxygen atoms in total. The Morgan fingerprint density at radius 1 is 0.640 bits per heavy atom. The average Bonchev–Trinajstić information content (AvgIpc) is 3.14. The van der Waals surface area contributed by atoms with Crippen LogP contribution in [-0.2, 0) is 43.6 Å². The highest BCUT2D eigenvalue weighted by atomic mass is 32.2. The minimum Gasteiger partial charge on any atom is -0.464 e. The standard InChI is InChI=1S/C43H44O6S/c1-30(2)41(31(3)44)50-42-40(47-28-34-19-11-6-12-20-34)39(46-27-33-17-9-5-10-18-33)38(29-45-26-32-15-7-4-8-16-32)49-43(42)48-37-24-23-35-21-13-14-22-36(35)25-37/h4-25,38-40,42-43H,26-29H2,1-3H3/t38-,39-,40+,42-,43-/m1/s1. The third-order valence-corrected chi connectivity index (χ3v) is 10.3. The lowest BCUT2D eigenvalue weighted by atomic mass is 10.00. The van der Waals surface area contributed by atoms with E-state index in [1.54, 1.807) is 6.92 Å². The molecule has 0 spiro atoms. The molecule has 1 aliphatic rings. The first-order valence-corrected chi connectivity index (χ1v) is 17.9. The number of hydrogen-bond acceptors (Lipinski definition) is 7. The van der Waals surface area contributed by atoms with Crippen LogP contribution in [0.25, 0.3) is 10.8 Å². The second kappa shape index (κ2) is 17.6. The predicted octanol–water partition coefficient (Wildman–Crippen LogP) is 9.32. The second-order valence-electron chi connectivity index (χ2n) is 12.7. The second-order valence-corrected chi connectivity index (χ2v) is 13.8. The van der Waals surface area contributed by atoms with Crippen molar-refractivity contribution in [2.75, 3.05) is 6.61 Å². The topological polar surface area (TPSA) is 63.2 Å². The van der Waals surface area contributed by atoms with E-state index in [9.17, 15) is 4.79 Å². The molecule has 0 aromatic heterocycles. The van der Waals surface area contributed by atoms with Crippen LogP contribution in [-0.4, -0.2) is 42.2 Å². The molecule has 0 amide bonds. The number of ketones is 1. The van der Waals surface area contributed by atoms with Gasteiger partial charge in [0.25, 0.3) is 0 Å². The molecular formula is C43H44O6S. The minimum absolute atomic E-state index is 0.0173. The molecule has 0 saturated carbocycles. The fourth-order valence-electron chi connectivity index (χ4n) is 6.09. The van der Waals surface area contributed by atoms with Crippen LogP contribution in [0.4, 0.5) is 0 Å². The van der Waals surface area contributed by atoms with Crippen LogP contribution < -0.4 is 4.74 Å². The lowest BCUT2D eigenvalue weighted by molar-refractivity contribution is -0.253. The maximum Gasteiger partial charge on any atom is 0.215 e. The summed E-state index contributed by atoms with van der Waals surface area (Å²) in [4.78, 5) is 13.7. The van der Waals surface area contributed by atoms with Crippen molar-refractivity contribution in [1.82, 2.24) is 0 Å². The van der Waals surface area contributed by atoms with Crippen molar-refractivity contribution in [3.8, 4) is 5.75 Å². The molecule has 1 heterocycles. The summed E-state index contributed by atoms with van der Waals surface area (Å²) < 4.78 is 33.6. The van der Waals surface area contributed by atoms with Crippen molar-refractivity contribution < 1.29 is 28.5 Å². The van der Waals surface area contributed by atoms with Crippen LogP contribution in [0.15, 0.2) is 144 Å². The van der Waals surface area contributed by atoms with E-state index in [2.05, 4.69) is 12.1 Å². The van der Waals surface area contributed by atoms with Gasteiger partial charge in [-0.2, -0.15) is 0 Å². The summed E-state index contributed by atoms with van der Waals surface area (Å²) >= 11 is 1.44. The number of hydrogen-bond donors (Lipinski definition) is 0. The Morgan fingerprint density at radius 3 is 1.76 bits per heavy atom. The van der Waals surface area contributed by atoms with E-state index in [-0.39, 0.29) is 12.4 Å². The molecule has 0 unspecified atom stereocenters. The molecule has 50 heavy (non-hydrogen) atoms. The van der Waals surface area contributed by atoms with E-state index in [1.165, 1.54) is 11.8 Å². The lowest BCUT2D eigenvalue weighted by Crippen LogP contribution is -2.60. The van der Waals surface area contributed by atoms with Crippen molar-refractivity contribution in [3.63, 3.8) is 0 Å². The Labute approximate surface area is 299 Å². The maximum atomic E-state index is 13.0. The fourth-order valence-corrected chi connectivity index (χ4v) is 7.36. The van der Waals surface area contributed by atoms with E-state index >= 15 is 0 Å². The van der Waals surface area contributed by atoms with Crippen molar-refractivity contribution in [3.05, 3.63) is 161 Å². The number of benzene rings is 5. The van der Waals surface area contributed by atoms with Gasteiger partial charge in [0.2, 0.25) is 6.29 Å². The van der Waals surface area contributed by atoms with Gasteiger partial charge in [-0.15, -0.1) is 11.8 Å². The summed E-state index contributed by atoms with van der Waals surface area (Å²) in [6, 6.07) is 44.4. The van der Waals surface area contributed by atoms with Crippen molar-refractivity contribution in [1.29, 1.82) is 0 Å². The third kappa shape index (κ3) is 9.50. The largest absolute Gasteiger partial charge is 0.464 e. The van der Waals surface area contributed by atoms with Gasteiger partial charge in [0.05, 0.1) is 26.4 Å². The van der Waals surface area contributed by atoms with Gasteiger partial charge in [0, 0.05) is 4.91 Å².